The van der Waals surface area contributed by atoms with E-state index >= 15 is 0 Å². The summed E-state index contributed by atoms with van der Waals surface area (Å²) in [7, 11) is -3.24. The van der Waals surface area contributed by atoms with Gasteiger partial charge in [0.25, 0.3) is 0 Å². The number of benzene rings is 1. The van der Waals surface area contributed by atoms with Crippen LogP contribution in [0.2, 0.25) is 0 Å². The third kappa shape index (κ3) is 4.80. The molecule has 1 aromatic carbocycles. The van der Waals surface area contributed by atoms with Gasteiger partial charge in [0.05, 0.1) is 5.75 Å². The van der Waals surface area contributed by atoms with Crippen LogP contribution in [-0.4, -0.2) is 15.0 Å². The van der Waals surface area contributed by atoms with E-state index in [1.54, 1.807) is 0 Å². The summed E-state index contributed by atoms with van der Waals surface area (Å²) >= 11 is 0. The predicted molar refractivity (Wildman–Crippen MR) is 78.4 cm³/mol. The van der Waals surface area contributed by atoms with Crippen LogP contribution >= 0.6 is 0 Å². The summed E-state index contributed by atoms with van der Waals surface area (Å²) in [4.78, 5) is 0. The average molecular weight is 279 g/mol. The molecule has 104 valence electrons. The molecule has 0 radical (unpaired) electrons. The third-order valence-corrected chi connectivity index (χ3v) is 4.64. The van der Waals surface area contributed by atoms with Crippen molar-refractivity contribution in [2.75, 3.05) is 6.54 Å². The maximum absolute atomic E-state index is 12.0. The number of hydrogen-bond acceptors (Lipinski definition) is 2. The lowest BCUT2D eigenvalue weighted by Gasteiger charge is -2.13. The lowest BCUT2D eigenvalue weighted by molar-refractivity contribution is 0.581. The van der Waals surface area contributed by atoms with Crippen molar-refractivity contribution in [1.29, 1.82) is 0 Å². The second kappa shape index (κ2) is 6.35. The van der Waals surface area contributed by atoms with Gasteiger partial charge in [-0.1, -0.05) is 41.5 Å². The van der Waals surface area contributed by atoms with E-state index in [1.807, 2.05) is 31.2 Å². The molecule has 1 aliphatic carbocycles. The third-order valence-electron chi connectivity index (χ3n) is 3.34. The molecule has 2 rings (SSSR count). The summed E-state index contributed by atoms with van der Waals surface area (Å²) in [5, 5.41) is 0. The van der Waals surface area contributed by atoms with Gasteiger partial charge in [-0.3, -0.25) is 0 Å². The number of rotatable bonds is 5. The first-order chi connectivity index (χ1) is 9.05. The molecule has 1 aromatic rings. The largest absolute Gasteiger partial charge is 0.216 e. The maximum Gasteiger partial charge on any atom is 0.216 e. The van der Waals surface area contributed by atoms with Crippen LogP contribution < -0.4 is 4.72 Å². The highest BCUT2D eigenvalue weighted by molar-refractivity contribution is 7.88. The molecular formula is C15H21NO2S. The van der Waals surface area contributed by atoms with Crippen LogP contribution in [0.5, 0.6) is 0 Å². The predicted octanol–water partition coefficient (Wildman–Crippen LogP) is 2.91. The molecule has 0 aromatic heterocycles. The van der Waals surface area contributed by atoms with Gasteiger partial charge in [-0.05, 0) is 38.2 Å². The van der Waals surface area contributed by atoms with Crippen molar-refractivity contribution in [3.8, 4) is 0 Å². The van der Waals surface area contributed by atoms with E-state index in [0.717, 1.165) is 24.0 Å². The molecule has 3 nitrogen and oxygen atoms in total. The molecule has 1 N–H and O–H groups in total. The van der Waals surface area contributed by atoms with Gasteiger partial charge in [0.15, 0.2) is 0 Å². The highest BCUT2D eigenvalue weighted by Gasteiger charge is 2.13. The van der Waals surface area contributed by atoms with E-state index in [9.17, 15) is 8.42 Å². The monoisotopic (exact) mass is 279 g/mol. The first kappa shape index (κ1) is 14.3. The Kier molecular flexibility index (Phi) is 4.77. The molecule has 0 amide bonds. The van der Waals surface area contributed by atoms with Gasteiger partial charge >= 0.3 is 0 Å². The van der Waals surface area contributed by atoms with Gasteiger partial charge < -0.3 is 0 Å². The van der Waals surface area contributed by atoms with Gasteiger partial charge in [0, 0.05) is 6.54 Å². The molecule has 0 fully saturated rings. The Balaban J connectivity index is 1.93. The maximum atomic E-state index is 12.0. The van der Waals surface area contributed by atoms with E-state index in [1.165, 1.54) is 18.4 Å². The number of hydrogen-bond donors (Lipinski definition) is 1. The van der Waals surface area contributed by atoms with Gasteiger partial charge in [-0.25, -0.2) is 13.1 Å². The minimum atomic E-state index is -3.24. The molecular weight excluding hydrogens is 258 g/mol. The summed E-state index contributed by atoms with van der Waals surface area (Å²) in [6, 6.07) is 7.63. The molecule has 0 aliphatic heterocycles. The van der Waals surface area contributed by atoms with Crippen LogP contribution in [0.4, 0.5) is 0 Å². The quantitative estimate of drug-likeness (QED) is 0.842. The van der Waals surface area contributed by atoms with Crippen molar-refractivity contribution >= 4 is 10.0 Å². The Morgan fingerprint density at radius 1 is 1.26 bits per heavy atom. The van der Waals surface area contributed by atoms with Gasteiger partial charge in [-0.15, -0.1) is 0 Å². The second-order valence-corrected chi connectivity index (χ2v) is 6.98. The van der Waals surface area contributed by atoms with E-state index < -0.39 is 10.0 Å². The van der Waals surface area contributed by atoms with Crippen molar-refractivity contribution in [1.82, 2.24) is 4.72 Å². The Labute approximate surface area is 115 Å². The lowest BCUT2D eigenvalue weighted by Crippen LogP contribution is -2.27. The van der Waals surface area contributed by atoms with Crippen LogP contribution in [0, 0.1) is 6.92 Å². The minimum Gasteiger partial charge on any atom is -0.212 e. The Morgan fingerprint density at radius 2 is 2.11 bits per heavy atom. The summed E-state index contributed by atoms with van der Waals surface area (Å²) < 4.78 is 26.7. The standard InChI is InChI=1S/C15H21NO2S/c1-13-6-5-9-15(10-13)12-19(17,18)16-11-14-7-3-2-4-8-14/h5-7,9-10,16H,2-4,8,11-12H2,1H3. The average Bonchev–Trinajstić information content (AvgIpc) is 2.37. The summed E-state index contributed by atoms with van der Waals surface area (Å²) in [6.07, 6.45) is 6.66. The number of nitrogens with one attached hydrogen (secondary N) is 1. The molecule has 0 saturated carbocycles. The zero-order valence-corrected chi connectivity index (χ0v) is 12.2. The normalized spacial score (nSPS) is 16.2. The summed E-state index contributed by atoms with van der Waals surface area (Å²) in [6.45, 7) is 2.44. The number of allylic oxidation sites excluding steroid dienone is 1. The van der Waals surface area contributed by atoms with Crippen molar-refractivity contribution in [2.45, 2.75) is 38.4 Å². The van der Waals surface area contributed by atoms with Crippen molar-refractivity contribution in [2.24, 2.45) is 0 Å². The Morgan fingerprint density at radius 3 is 2.79 bits per heavy atom. The summed E-state index contributed by atoms with van der Waals surface area (Å²) in [5.74, 6) is 0.0575. The van der Waals surface area contributed by atoms with Gasteiger partial charge in [0.1, 0.15) is 0 Å². The SMILES string of the molecule is Cc1cccc(CS(=O)(=O)NCC2=CCCCC2)c1. The van der Waals surface area contributed by atoms with Crippen molar-refractivity contribution < 1.29 is 8.42 Å². The fourth-order valence-electron chi connectivity index (χ4n) is 2.34. The highest BCUT2D eigenvalue weighted by atomic mass is 32.2. The molecule has 0 bridgehead atoms. The zero-order chi connectivity index (χ0) is 13.7. The molecule has 1 aliphatic rings. The lowest BCUT2D eigenvalue weighted by atomic mass is 10.0. The Bertz CT molecular complexity index is 561. The highest BCUT2D eigenvalue weighted by Crippen LogP contribution is 2.16. The van der Waals surface area contributed by atoms with Crippen LogP contribution in [0.1, 0.15) is 36.8 Å². The second-order valence-electron chi connectivity index (χ2n) is 5.18. The molecule has 0 spiro atoms. The first-order valence-electron chi connectivity index (χ1n) is 6.76. The Hall–Kier alpha value is -1.13. The fourth-order valence-corrected chi connectivity index (χ4v) is 3.47. The topological polar surface area (TPSA) is 46.2 Å². The molecule has 0 saturated heterocycles. The van der Waals surface area contributed by atoms with Crippen LogP contribution in [0.15, 0.2) is 35.9 Å². The number of sulfonamides is 1. The number of aryl methyl sites for hydroxylation is 1. The van der Waals surface area contributed by atoms with Crippen molar-refractivity contribution in [3.63, 3.8) is 0 Å². The summed E-state index contributed by atoms with van der Waals surface area (Å²) in [5.41, 5.74) is 3.15. The fraction of sp³-hybridized carbons (Fsp3) is 0.467. The van der Waals surface area contributed by atoms with Crippen LogP contribution in [0.25, 0.3) is 0 Å². The smallest absolute Gasteiger partial charge is 0.212 e. The molecule has 0 atom stereocenters. The van der Waals surface area contributed by atoms with Crippen LogP contribution in [0.3, 0.4) is 0 Å². The first-order valence-corrected chi connectivity index (χ1v) is 8.41. The van der Waals surface area contributed by atoms with E-state index in [2.05, 4.69) is 10.8 Å². The van der Waals surface area contributed by atoms with Gasteiger partial charge in [-0.2, -0.15) is 0 Å². The van der Waals surface area contributed by atoms with E-state index in [0.29, 0.717) is 6.54 Å². The van der Waals surface area contributed by atoms with Gasteiger partial charge in [0.2, 0.25) is 10.0 Å². The molecule has 0 unspecified atom stereocenters. The molecule has 4 heteroatoms. The molecule has 0 heterocycles. The van der Waals surface area contributed by atoms with Crippen molar-refractivity contribution in [3.05, 3.63) is 47.0 Å². The van der Waals surface area contributed by atoms with E-state index in [-0.39, 0.29) is 5.75 Å². The van der Waals surface area contributed by atoms with Crippen LogP contribution in [-0.2, 0) is 15.8 Å². The molecule has 19 heavy (non-hydrogen) atoms. The zero-order valence-electron chi connectivity index (χ0n) is 11.4. The van der Waals surface area contributed by atoms with E-state index in [4.69, 9.17) is 0 Å². The minimum absolute atomic E-state index is 0.0575.